The Labute approximate surface area is 101 Å². The Morgan fingerprint density at radius 2 is 2.29 bits per heavy atom. The lowest BCUT2D eigenvalue weighted by atomic mass is 10.2. The van der Waals surface area contributed by atoms with Crippen molar-refractivity contribution >= 4 is 17.6 Å². The molecule has 0 aliphatic carbocycles. The van der Waals surface area contributed by atoms with Crippen molar-refractivity contribution in [1.29, 1.82) is 0 Å². The molecule has 0 radical (unpaired) electrons. The van der Waals surface area contributed by atoms with Crippen LogP contribution in [0.25, 0.3) is 0 Å². The minimum absolute atomic E-state index is 0.0292. The minimum atomic E-state index is -2.96. The van der Waals surface area contributed by atoms with Gasteiger partial charge in [-0.1, -0.05) is 11.6 Å². The number of ether oxygens (including phenoxy) is 1. The number of hydrogen-bond acceptors (Lipinski definition) is 4. The van der Waals surface area contributed by atoms with Crippen molar-refractivity contribution in [2.24, 2.45) is 0 Å². The third kappa shape index (κ3) is 3.52. The smallest absolute Gasteiger partial charge is 0.311 e. The highest BCUT2D eigenvalue weighted by molar-refractivity contribution is 6.32. The monoisotopic (exact) mass is 265 g/mol. The molecule has 0 amide bonds. The van der Waals surface area contributed by atoms with Gasteiger partial charge in [-0.15, -0.1) is 0 Å². The van der Waals surface area contributed by atoms with Crippen LogP contribution >= 0.6 is 11.6 Å². The number of aromatic nitrogens is 1. The third-order valence-electron chi connectivity index (χ3n) is 1.86. The van der Waals surface area contributed by atoms with Crippen LogP contribution in [0.15, 0.2) is 6.07 Å². The number of nitrogens with zero attached hydrogens (tertiary/aromatic N) is 1. The second kappa shape index (κ2) is 5.77. The summed E-state index contributed by atoms with van der Waals surface area (Å²) in [6, 6.07) is 1.15. The highest BCUT2D eigenvalue weighted by Crippen LogP contribution is 2.33. The summed E-state index contributed by atoms with van der Waals surface area (Å²) in [5.74, 6) is -1.36. The summed E-state index contributed by atoms with van der Waals surface area (Å²) < 4.78 is 29.6. The number of esters is 1. The lowest BCUT2D eigenvalue weighted by Crippen LogP contribution is -2.09. The zero-order valence-electron chi connectivity index (χ0n) is 8.91. The average Bonchev–Trinajstić information content (AvgIpc) is 2.23. The van der Waals surface area contributed by atoms with Crippen LogP contribution in [0.1, 0.15) is 24.7 Å². The molecule has 1 aromatic heterocycles. The van der Waals surface area contributed by atoms with E-state index in [0.717, 1.165) is 6.07 Å². The molecule has 94 valence electrons. The van der Waals surface area contributed by atoms with Crippen LogP contribution in [0.3, 0.4) is 0 Å². The van der Waals surface area contributed by atoms with Gasteiger partial charge in [-0.25, -0.2) is 13.8 Å². The second-order valence-corrected chi connectivity index (χ2v) is 3.52. The number of halogens is 3. The van der Waals surface area contributed by atoms with E-state index < -0.39 is 23.8 Å². The molecule has 1 N–H and O–H groups in total. The predicted octanol–water partition coefficient (Wildman–Crippen LogP) is 2.48. The zero-order chi connectivity index (χ0) is 13.0. The van der Waals surface area contributed by atoms with E-state index in [2.05, 4.69) is 9.72 Å². The molecule has 0 aliphatic rings. The quantitative estimate of drug-likeness (QED) is 0.850. The van der Waals surface area contributed by atoms with Gasteiger partial charge in [-0.2, -0.15) is 0 Å². The fraction of sp³-hybridized carbons (Fsp3) is 0.400. The van der Waals surface area contributed by atoms with E-state index in [-0.39, 0.29) is 23.7 Å². The molecule has 1 aromatic rings. The van der Waals surface area contributed by atoms with Crippen molar-refractivity contribution in [1.82, 2.24) is 4.98 Å². The molecule has 17 heavy (non-hydrogen) atoms. The molecular weight excluding hydrogens is 256 g/mol. The first kappa shape index (κ1) is 13.6. The summed E-state index contributed by atoms with van der Waals surface area (Å²) >= 11 is 5.55. The summed E-state index contributed by atoms with van der Waals surface area (Å²) in [5.41, 5.74) is -0.807. The molecule has 0 aliphatic heterocycles. The molecule has 0 spiro atoms. The maximum atomic E-state index is 12.5. The summed E-state index contributed by atoms with van der Waals surface area (Å²) in [6.07, 6.45) is -3.23. The minimum Gasteiger partial charge on any atom is -0.504 e. The molecular formula is C10H10ClF2NO3. The average molecular weight is 266 g/mol. The predicted molar refractivity (Wildman–Crippen MR) is 56.2 cm³/mol. The molecule has 4 nitrogen and oxygen atoms in total. The van der Waals surface area contributed by atoms with Gasteiger partial charge in [0, 0.05) is 0 Å². The van der Waals surface area contributed by atoms with Crippen molar-refractivity contribution < 1.29 is 23.4 Å². The summed E-state index contributed by atoms with van der Waals surface area (Å²) in [7, 11) is 0. The Morgan fingerprint density at radius 3 is 2.82 bits per heavy atom. The lowest BCUT2D eigenvalue weighted by molar-refractivity contribution is -0.142. The van der Waals surface area contributed by atoms with Crippen molar-refractivity contribution in [3.63, 3.8) is 0 Å². The van der Waals surface area contributed by atoms with Crippen molar-refractivity contribution in [3.05, 3.63) is 22.5 Å². The van der Waals surface area contributed by atoms with Gasteiger partial charge < -0.3 is 9.84 Å². The SMILES string of the molecule is CCOC(=O)Cc1cc(Cl)c(O)c(C(F)F)n1. The van der Waals surface area contributed by atoms with Gasteiger partial charge in [0.1, 0.15) is 5.69 Å². The molecule has 0 bridgehead atoms. The van der Waals surface area contributed by atoms with E-state index in [1.54, 1.807) is 6.92 Å². The number of alkyl halides is 2. The van der Waals surface area contributed by atoms with Crippen molar-refractivity contribution in [2.45, 2.75) is 19.8 Å². The summed E-state index contributed by atoms with van der Waals surface area (Å²) in [6.45, 7) is 1.81. The van der Waals surface area contributed by atoms with Gasteiger partial charge in [0.05, 0.1) is 23.7 Å². The first-order valence-corrected chi connectivity index (χ1v) is 5.15. The van der Waals surface area contributed by atoms with E-state index in [1.807, 2.05) is 0 Å². The van der Waals surface area contributed by atoms with Crippen LogP contribution in [0.5, 0.6) is 5.75 Å². The van der Waals surface area contributed by atoms with Gasteiger partial charge in [0.2, 0.25) is 0 Å². The van der Waals surface area contributed by atoms with E-state index >= 15 is 0 Å². The van der Waals surface area contributed by atoms with Crippen LogP contribution in [0.2, 0.25) is 5.02 Å². The fourth-order valence-electron chi connectivity index (χ4n) is 1.18. The number of pyridine rings is 1. The molecule has 0 atom stereocenters. The van der Waals surface area contributed by atoms with Crippen molar-refractivity contribution in [2.75, 3.05) is 6.61 Å². The van der Waals surface area contributed by atoms with Crippen LogP contribution < -0.4 is 0 Å². The van der Waals surface area contributed by atoms with Crippen LogP contribution in [0, 0.1) is 0 Å². The Hall–Kier alpha value is -1.43. The fourth-order valence-corrected chi connectivity index (χ4v) is 1.40. The Morgan fingerprint density at radius 1 is 1.65 bits per heavy atom. The highest BCUT2D eigenvalue weighted by Gasteiger charge is 2.19. The van der Waals surface area contributed by atoms with E-state index in [0.29, 0.717) is 0 Å². The maximum absolute atomic E-state index is 12.5. The Balaban J connectivity index is 2.98. The molecule has 0 saturated heterocycles. The maximum Gasteiger partial charge on any atom is 0.311 e. The first-order valence-electron chi connectivity index (χ1n) is 4.77. The topological polar surface area (TPSA) is 59.4 Å². The van der Waals surface area contributed by atoms with Crippen LogP contribution in [0.4, 0.5) is 8.78 Å². The van der Waals surface area contributed by atoms with Gasteiger partial charge in [-0.05, 0) is 13.0 Å². The van der Waals surface area contributed by atoms with E-state index in [4.69, 9.17) is 11.6 Å². The highest BCUT2D eigenvalue weighted by atomic mass is 35.5. The number of rotatable bonds is 4. The Kier molecular flexibility index (Phi) is 4.62. The number of hydrogen-bond donors (Lipinski definition) is 1. The van der Waals surface area contributed by atoms with Gasteiger partial charge >= 0.3 is 5.97 Å². The molecule has 7 heteroatoms. The zero-order valence-corrected chi connectivity index (χ0v) is 9.67. The lowest BCUT2D eigenvalue weighted by Gasteiger charge is -2.07. The van der Waals surface area contributed by atoms with Crippen LogP contribution in [-0.4, -0.2) is 22.7 Å². The normalized spacial score (nSPS) is 10.6. The number of carbonyl (C=O) groups is 1. The largest absolute Gasteiger partial charge is 0.504 e. The number of carbonyl (C=O) groups excluding carboxylic acids is 1. The van der Waals surface area contributed by atoms with E-state index in [1.165, 1.54) is 0 Å². The molecule has 0 saturated carbocycles. The molecule has 0 unspecified atom stereocenters. The van der Waals surface area contributed by atoms with Gasteiger partial charge in [0.15, 0.2) is 5.75 Å². The van der Waals surface area contributed by atoms with Gasteiger partial charge in [0.25, 0.3) is 6.43 Å². The standard InChI is InChI=1S/C10H10ClF2NO3/c1-2-17-7(15)4-5-3-6(11)9(16)8(14-5)10(12)13/h3,10,16H,2,4H2,1H3. The second-order valence-electron chi connectivity index (χ2n) is 3.11. The number of aromatic hydroxyl groups is 1. The van der Waals surface area contributed by atoms with Gasteiger partial charge in [-0.3, -0.25) is 4.79 Å². The summed E-state index contributed by atoms with van der Waals surface area (Å²) in [5, 5.41) is 8.97. The first-order chi connectivity index (χ1) is 7.95. The molecule has 1 rings (SSSR count). The van der Waals surface area contributed by atoms with E-state index in [9.17, 15) is 18.7 Å². The Bertz CT molecular complexity index is 426. The molecule has 1 heterocycles. The third-order valence-corrected chi connectivity index (χ3v) is 2.15. The molecule has 0 fully saturated rings. The van der Waals surface area contributed by atoms with Crippen molar-refractivity contribution in [3.8, 4) is 5.75 Å². The summed E-state index contributed by atoms with van der Waals surface area (Å²) in [4.78, 5) is 14.6. The molecule has 0 aromatic carbocycles. The van der Waals surface area contributed by atoms with Crippen LogP contribution in [-0.2, 0) is 16.0 Å².